The topological polar surface area (TPSA) is 60.3 Å². The van der Waals surface area contributed by atoms with Crippen LogP contribution < -0.4 is 5.32 Å². The molecule has 1 saturated carbocycles. The van der Waals surface area contributed by atoms with E-state index in [1.165, 1.54) is 0 Å². The van der Waals surface area contributed by atoms with Crippen LogP contribution in [-0.4, -0.2) is 23.1 Å². The fraction of sp³-hybridized carbons (Fsp3) is 0.368. The molecule has 1 aliphatic rings. The van der Waals surface area contributed by atoms with Gasteiger partial charge in [0.05, 0.1) is 21.3 Å². The van der Waals surface area contributed by atoms with Crippen LogP contribution in [0.25, 0.3) is 0 Å². The Morgan fingerprint density at radius 2 is 1.92 bits per heavy atom. The number of hydrogen-bond acceptors (Lipinski definition) is 3. The van der Waals surface area contributed by atoms with E-state index in [0.717, 1.165) is 29.8 Å². The van der Waals surface area contributed by atoms with Gasteiger partial charge in [-0.1, -0.05) is 29.3 Å². The van der Waals surface area contributed by atoms with Crippen LogP contribution in [0.1, 0.15) is 46.2 Å². The number of anilines is 1. The Bertz CT molecular complexity index is 885. The molecule has 1 aromatic carbocycles. The van der Waals surface area contributed by atoms with Gasteiger partial charge in [-0.2, -0.15) is 0 Å². The smallest absolute Gasteiger partial charge is 0.340 e. The van der Waals surface area contributed by atoms with Crippen LogP contribution in [-0.2, 0) is 9.53 Å². The minimum Gasteiger partial charge on any atom is -0.452 e. The van der Waals surface area contributed by atoms with Crippen molar-refractivity contribution in [3.05, 3.63) is 50.8 Å². The number of halogens is 2. The quantitative estimate of drug-likeness (QED) is 0.737. The largest absolute Gasteiger partial charge is 0.452 e. The van der Waals surface area contributed by atoms with Gasteiger partial charge >= 0.3 is 5.97 Å². The van der Waals surface area contributed by atoms with E-state index in [9.17, 15) is 9.59 Å². The summed E-state index contributed by atoms with van der Waals surface area (Å²) in [5.74, 6) is -1.01. The number of nitrogens with one attached hydrogen (secondary N) is 1. The zero-order chi connectivity index (χ0) is 19.0. The van der Waals surface area contributed by atoms with Crippen LogP contribution in [0.2, 0.25) is 10.0 Å². The average molecular weight is 395 g/mol. The number of carbonyl (C=O) groups excluding carboxylic acids is 2. The van der Waals surface area contributed by atoms with Gasteiger partial charge < -0.3 is 14.6 Å². The Labute approximate surface area is 162 Å². The molecule has 0 saturated heterocycles. The predicted octanol–water partition coefficient (Wildman–Crippen LogP) is 4.85. The van der Waals surface area contributed by atoms with Crippen molar-refractivity contribution < 1.29 is 14.3 Å². The first-order valence-electron chi connectivity index (χ1n) is 8.39. The normalized spacial score (nSPS) is 13.6. The molecule has 26 heavy (non-hydrogen) atoms. The molecule has 1 aromatic heterocycles. The van der Waals surface area contributed by atoms with Crippen LogP contribution in [0.3, 0.4) is 0 Å². The summed E-state index contributed by atoms with van der Waals surface area (Å²) in [6.07, 6.45) is 2.26. The monoisotopic (exact) mass is 394 g/mol. The molecule has 1 amide bonds. The minimum absolute atomic E-state index is 0.321. The number of benzene rings is 1. The number of aryl methyl sites for hydroxylation is 2. The van der Waals surface area contributed by atoms with Crippen LogP contribution >= 0.6 is 23.2 Å². The summed E-state index contributed by atoms with van der Waals surface area (Å²) in [4.78, 5) is 24.5. The molecule has 0 spiro atoms. The van der Waals surface area contributed by atoms with Crippen LogP contribution in [0.5, 0.6) is 0 Å². The van der Waals surface area contributed by atoms with E-state index in [-0.39, 0.29) is 0 Å². The molecular weight excluding hydrogens is 375 g/mol. The number of aromatic nitrogens is 1. The molecule has 5 nitrogen and oxygen atoms in total. The zero-order valence-corrected chi connectivity index (χ0v) is 16.4. The van der Waals surface area contributed by atoms with Gasteiger partial charge in [-0.25, -0.2) is 4.79 Å². The molecular formula is C19H20Cl2N2O3. The van der Waals surface area contributed by atoms with Crippen molar-refractivity contribution in [3.63, 3.8) is 0 Å². The van der Waals surface area contributed by atoms with Gasteiger partial charge in [0.2, 0.25) is 0 Å². The van der Waals surface area contributed by atoms with Gasteiger partial charge in [0, 0.05) is 17.4 Å². The number of amides is 1. The third-order valence-electron chi connectivity index (χ3n) is 4.50. The van der Waals surface area contributed by atoms with Crippen LogP contribution in [0, 0.1) is 20.8 Å². The molecule has 2 aromatic rings. The number of rotatable bonds is 5. The summed E-state index contributed by atoms with van der Waals surface area (Å²) >= 11 is 12.2. The van der Waals surface area contributed by atoms with Gasteiger partial charge in [-0.3, -0.25) is 4.79 Å². The van der Waals surface area contributed by atoms with Crippen molar-refractivity contribution in [2.45, 2.75) is 39.7 Å². The molecule has 0 unspecified atom stereocenters. The third kappa shape index (κ3) is 3.74. The Balaban J connectivity index is 1.64. The number of nitrogens with zero attached hydrogens (tertiary/aromatic N) is 1. The van der Waals surface area contributed by atoms with E-state index in [2.05, 4.69) is 9.88 Å². The van der Waals surface area contributed by atoms with E-state index < -0.39 is 18.5 Å². The summed E-state index contributed by atoms with van der Waals surface area (Å²) in [5, 5.41) is 3.29. The Morgan fingerprint density at radius 1 is 1.23 bits per heavy atom. The summed E-state index contributed by atoms with van der Waals surface area (Å²) in [7, 11) is 0. The van der Waals surface area contributed by atoms with Crippen molar-refractivity contribution in [2.24, 2.45) is 0 Å². The predicted molar refractivity (Wildman–Crippen MR) is 102 cm³/mol. The molecule has 0 aliphatic heterocycles. The molecule has 1 fully saturated rings. The second-order valence-electron chi connectivity index (χ2n) is 6.56. The summed E-state index contributed by atoms with van der Waals surface area (Å²) in [5.41, 5.74) is 3.51. The van der Waals surface area contributed by atoms with Crippen molar-refractivity contribution in [1.29, 1.82) is 0 Å². The first-order valence-corrected chi connectivity index (χ1v) is 9.15. The minimum atomic E-state index is -0.512. The average Bonchev–Trinajstić information content (AvgIpc) is 3.38. The Hall–Kier alpha value is -1.98. The maximum absolute atomic E-state index is 12.4. The number of esters is 1. The van der Waals surface area contributed by atoms with E-state index >= 15 is 0 Å². The summed E-state index contributed by atoms with van der Waals surface area (Å²) in [6, 6.07) is 5.69. The van der Waals surface area contributed by atoms with Crippen LogP contribution in [0.15, 0.2) is 18.2 Å². The Morgan fingerprint density at radius 3 is 2.58 bits per heavy atom. The van der Waals surface area contributed by atoms with Gasteiger partial charge in [0.1, 0.15) is 0 Å². The molecule has 0 atom stereocenters. The van der Waals surface area contributed by atoms with Gasteiger partial charge in [0.15, 0.2) is 6.61 Å². The molecule has 7 heteroatoms. The maximum Gasteiger partial charge on any atom is 0.340 e. The lowest BCUT2D eigenvalue weighted by Gasteiger charge is -2.11. The van der Waals surface area contributed by atoms with E-state index in [4.69, 9.17) is 27.9 Å². The van der Waals surface area contributed by atoms with E-state index in [1.54, 1.807) is 12.1 Å². The number of ether oxygens (including phenoxy) is 1. The van der Waals surface area contributed by atoms with Gasteiger partial charge in [0.25, 0.3) is 5.91 Å². The second-order valence-corrected chi connectivity index (χ2v) is 7.35. The zero-order valence-electron chi connectivity index (χ0n) is 14.9. The highest BCUT2D eigenvalue weighted by atomic mass is 35.5. The van der Waals surface area contributed by atoms with Crippen molar-refractivity contribution >= 4 is 40.8 Å². The molecule has 0 radical (unpaired) electrons. The highest BCUT2D eigenvalue weighted by Gasteiger charge is 2.29. The second kappa shape index (κ2) is 7.33. The summed E-state index contributed by atoms with van der Waals surface area (Å²) < 4.78 is 7.33. The maximum atomic E-state index is 12.4. The van der Waals surface area contributed by atoms with Crippen molar-refractivity contribution in [2.75, 3.05) is 11.9 Å². The molecule has 1 heterocycles. The third-order valence-corrected chi connectivity index (χ3v) is 5.30. The highest BCUT2D eigenvalue weighted by Crippen LogP contribution is 2.38. The van der Waals surface area contributed by atoms with E-state index in [0.29, 0.717) is 27.3 Å². The molecule has 0 bridgehead atoms. The molecule has 138 valence electrons. The number of carbonyl (C=O) groups is 2. The van der Waals surface area contributed by atoms with E-state index in [1.807, 2.05) is 26.8 Å². The molecule has 1 N–H and O–H groups in total. The van der Waals surface area contributed by atoms with Crippen molar-refractivity contribution in [3.8, 4) is 0 Å². The lowest BCUT2D eigenvalue weighted by molar-refractivity contribution is -0.119. The molecule has 3 rings (SSSR count). The summed E-state index contributed by atoms with van der Waals surface area (Å²) in [6.45, 7) is 5.27. The first-order chi connectivity index (χ1) is 12.3. The Kier molecular flexibility index (Phi) is 5.30. The van der Waals surface area contributed by atoms with Crippen LogP contribution in [0.4, 0.5) is 5.69 Å². The van der Waals surface area contributed by atoms with Gasteiger partial charge in [-0.15, -0.1) is 0 Å². The molecule has 1 aliphatic carbocycles. The fourth-order valence-electron chi connectivity index (χ4n) is 3.03. The standard InChI is InChI=1S/C19H20Cl2N2O3/c1-10-4-7-15(20)18(17(10)21)22-16(24)9-26-19(25)14-8-11(2)23(12(14)3)13-5-6-13/h4,7-8,13H,5-6,9H2,1-3H3,(H,22,24). The lowest BCUT2D eigenvalue weighted by atomic mass is 10.2. The first kappa shape index (κ1) is 18.8. The fourth-order valence-corrected chi connectivity index (χ4v) is 3.50. The highest BCUT2D eigenvalue weighted by molar-refractivity contribution is 6.40. The van der Waals surface area contributed by atoms with Gasteiger partial charge in [-0.05, 0) is 51.3 Å². The number of hydrogen-bond donors (Lipinski definition) is 1. The van der Waals surface area contributed by atoms with Crippen molar-refractivity contribution in [1.82, 2.24) is 4.57 Å². The SMILES string of the molecule is Cc1ccc(Cl)c(NC(=O)COC(=O)c2cc(C)n(C3CC3)c2C)c1Cl. The lowest BCUT2D eigenvalue weighted by Crippen LogP contribution is -2.21.